The van der Waals surface area contributed by atoms with Crippen molar-refractivity contribution < 1.29 is 31.2 Å². The highest BCUT2D eigenvalue weighted by atomic mass is 35.5. The van der Waals surface area contributed by atoms with Gasteiger partial charge in [-0.1, -0.05) is 11.6 Å². The van der Waals surface area contributed by atoms with E-state index in [1.807, 2.05) is 0 Å². The smallest absolute Gasteiger partial charge is 0.376 e. The topological polar surface area (TPSA) is 21.6 Å². The molecule has 0 fully saturated rings. The van der Waals surface area contributed by atoms with Gasteiger partial charge in [0.05, 0.1) is 5.56 Å². The Bertz CT molecular complexity index is 513. The minimum absolute atomic E-state index is 0.310. The molecule has 0 radical (unpaired) electrons. The van der Waals surface area contributed by atoms with Gasteiger partial charge in [-0.25, -0.2) is 0 Å². The van der Waals surface area contributed by atoms with Crippen LogP contribution in [0.15, 0.2) is 23.4 Å². The summed E-state index contributed by atoms with van der Waals surface area (Å²) in [5.74, 6) is 0. The van der Waals surface area contributed by atoms with Crippen LogP contribution in [0.2, 0.25) is 5.02 Å². The summed E-state index contributed by atoms with van der Waals surface area (Å²) in [5.41, 5.74) is -5.22. The summed E-state index contributed by atoms with van der Waals surface area (Å²) >= 11 is 5.44. The first-order chi connectivity index (χ1) is 8.91. The predicted molar refractivity (Wildman–Crippen MR) is 60.5 cm³/mol. The summed E-state index contributed by atoms with van der Waals surface area (Å²) in [6.45, 7) is 3.29. The number of nitrogens with zero attached hydrogens (tertiary/aromatic N) is 1. The van der Waals surface area contributed by atoms with E-state index in [9.17, 15) is 26.3 Å². The molecule has 0 aliphatic rings. The zero-order valence-electron chi connectivity index (χ0n) is 9.94. The van der Waals surface area contributed by atoms with E-state index >= 15 is 0 Å². The molecule has 0 aliphatic heterocycles. The van der Waals surface area contributed by atoms with Crippen molar-refractivity contribution in [2.45, 2.75) is 24.9 Å². The van der Waals surface area contributed by atoms with E-state index in [1.54, 1.807) is 0 Å². The highest BCUT2D eigenvalue weighted by Crippen LogP contribution is 2.44. The number of hydrogen-bond donors (Lipinski definition) is 0. The summed E-state index contributed by atoms with van der Waals surface area (Å²) in [4.78, 5) is 4.17. The lowest BCUT2D eigenvalue weighted by Crippen LogP contribution is -2.41. The van der Waals surface area contributed by atoms with Crippen LogP contribution in [0.25, 0.3) is 0 Å². The Hall–Kier alpha value is -1.44. The van der Waals surface area contributed by atoms with Crippen LogP contribution in [0.1, 0.15) is 18.1 Å². The lowest BCUT2D eigenvalue weighted by Gasteiger charge is -2.30. The minimum atomic E-state index is -5.01. The molecule has 0 saturated carbocycles. The Labute approximate surface area is 115 Å². The molecule has 1 unspecified atom stereocenters. The fourth-order valence-corrected chi connectivity index (χ4v) is 1.66. The van der Waals surface area contributed by atoms with Crippen LogP contribution in [-0.2, 0) is 16.6 Å². The van der Waals surface area contributed by atoms with Gasteiger partial charge in [0, 0.05) is 17.3 Å². The molecule has 2 nitrogen and oxygen atoms in total. The number of halogens is 7. The molecule has 1 aromatic rings. The van der Waals surface area contributed by atoms with Crippen molar-refractivity contribution in [2.24, 2.45) is 5.16 Å². The van der Waals surface area contributed by atoms with E-state index in [4.69, 9.17) is 11.6 Å². The van der Waals surface area contributed by atoms with Crippen LogP contribution < -0.4 is 0 Å². The van der Waals surface area contributed by atoms with Gasteiger partial charge in [-0.15, -0.1) is 5.16 Å². The largest absolute Gasteiger partial charge is 0.435 e. The maximum atomic E-state index is 13.0. The zero-order chi connectivity index (χ0) is 15.8. The third kappa shape index (κ3) is 3.17. The van der Waals surface area contributed by atoms with Crippen LogP contribution in [-0.4, -0.2) is 12.9 Å². The van der Waals surface area contributed by atoms with Gasteiger partial charge in [-0.05, 0) is 25.1 Å². The molecule has 0 amide bonds. The number of hydrogen-bond acceptors (Lipinski definition) is 2. The molecule has 1 rings (SSSR count). The Kier molecular flexibility index (Phi) is 4.28. The van der Waals surface area contributed by atoms with Gasteiger partial charge in [0.15, 0.2) is 0 Å². The SMILES string of the molecule is C=NOC(C)(c1cc(Cl)cc(C(F)(F)F)c1)C(F)(F)F. The second-order valence-corrected chi connectivity index (χ2v) is 4.41. The average molecular weight is 320 g/mol. The fraction of sp³-hybridized carbons (Fsp3) is 0.364. The third-order valence-corrected chi connectivity index (χ3v) is 2.78. The quantitative estimate of drug-likeness (QED) is 0.447. The summed E-state index contributed by atoms with van der Waals surface area (Å²) < 4.78 is 76.8. The van der Waals surface area contributed by atoms with Crippen LogP contribution in [0.5, 0.6) is 0 Å². The second kappa shape index (κ2) is 5.16. The number of benzene rings is 1. The van der Waals surface area contributed by atoms with E-state index in [2.05, 4.69) is 16.7 Å². The van der Waals surface area contributed by atoms with Crippen molar-refractivity contribution in [3.8, 4) is 0 Å². The molecule has 0 N–H and O–H groups in total. The number of oxime groups is 1. The molecule has 0 spiro atoms. The Morgan fingerprint density at radius 3 is 1.95 bits per heavy atom. The molecule has 0 bridgehead atoms. The maximum Gasteiger partial charge on any atom is 0.435 e. The van der Waals surface area contributed by atoms with Gasteiger partial charge in [-0.2, -0.15) is 26.3 Å². The van der Waals surface area contributed by atoms with Gasteiger partial charge >= 0.3 is 12.4 Å². The van der Waals surface area contributed by atoms with Crippen LogP contribution >= 0.6 is 11.6 Å². The minimum Gasteiger partial charge on any atom is -0.376 e. The normalized spacial score (nSPS) is 15.6. The standard InChI is InChI=1S/C11H8ClF6NO/c1-9(20-19-2,11(16,17)18)6-3-7(10(13,14)15)5-8(12)4-6/h3-5H,2H2,1H3. The number of alkyl halides is 6. The van der Waals surface area contributed by atoms with Crippen LogP contribution in [0, 0.1) is 0 Å². The first kappa shape index (κ1) is 16.6. The first-order valence-electron chi connectivity index (χ1n) is 5.01. The van der Waals surface area contributed by atoms with E-state index in [-0.39, 0.29) is 0 Å². The van der Waals surface area contributed by atoms with Gasteiger partial charge < -0.3 is 4.84 Å². The van der Waals surface area contributed by atoms with Crippen LogP contribution in [0.4, 0.5) is 26.3 Å². The van der Waals surface area contributed by atoms with Crippen molar-refractivity contribution in [2.75, 3.05) is 0 Å². The first-order valence-corrected chi connectivity index (χ1v) is 5.39. The molecule has 0 heterocycles. The van der Waals surface area contributed by atoms with Crippen molar-refractivity contribution >= 4 is 18.3 Å². The highest BCUT2D eigenvalue weighted by molar-refractivity contribution is 6.30. The van der Waals surface area contributed by atoms with E-state index in [0.717, 1.165) is 6.07 Å². The molecule has 0 aliphatic carbocycles. The molecule has 20 heavy (non-hydrogen) atoms. The monoisotopic (exact) mass is 319 g/mol. The lowest BCUT2D eigenvalue weighted by atomic mass is 9.93. The summed E-state index contributed by atoms with van der Waals surface area (Å²) in [6.07, 6.45) is -9.85. The Morgan fingerprint density at radius 1 is 1.05 bits per heavy atom. The van der Waals surface area contributed by atoms with Gasteiger partial charge in [0.1, 0.15) is 0 Å². The molecular weight excluding hydrogens is 312 g/mol. The van der Waals surface area contributed by atoms with Crippen molar-refractivity contribution in [3.63, 3.8) is 0 Å². The molecule has 1 atom stereocenters. The van der Waals surface area contributed by atoms with Crippen molar-refractivity contribution in [3.05, 3.63) is 34.3 Å². The molecule has 1 aromatic carbocycles. The average Bonchev–Trinajstić information content (AvgIpc) is 2.25. The van der Waals surface area contributed by atoms with Gasteiger partial charge in [0.25, 0.3) is 5.60 Å². The number of rotatable bonds is 3. The van der Waals surface area contributed by atoms with Crippen LogP contribution in [0.3, 0.4) is 0 Å². The fourth-order valence-electron chi connectivity index (χ4n) is 1.43. The summed E-state index contributed by atoms with van der Waals surface area (Å²) in [6, 6.07) is 1.56. The maximum absolute atomic E-state index is 13.0. The third-order valence-electron chi connectivity index (χ3n) is 2.56. The Morgan fingerprint density at radius 2 is 1.55 bits per heavy atom. The van der Waals surface area contributed by atoms with E-state index in [1.165, 1.54) is 0 Å². The second-order valence-electron chi connectivity index (χ2n) is 3.98. The molecular formula is C11H8ClF6NO. The molecule has 0 saturated heterocycles. The highest BCUT2D eigenvalue weighted by Gasteiger charge is 2.56. The Balaban J connectivity index is 3.50. The molecule has 0 aromatic heterocycles. The van der Waals surface area contributed by atoms with E-state index in [0.29, 0.717) is 19.1 Å². The summed E-state index contributed by atoms with van der Waals surface area (Å²) in [7, 11) is 0. The van der Waals surface area contributed by atoms with Crippen molar-refractivity contribution in [1.82, 2.24) is 0 Å². The zero-order valence-corrected chi connectivity index (χ0v) is 10.7. The van der Waals surface area contributed by atoms with Crippen molar-refractivity contribution in [1.29, 1.82) is 0 Å². The van der Waals surface area contributed by atoms with E-state index < -0.39 is 34.1 Å². The lowest BCUT2D eigenvalue weighted by molar-refractivity contribution is -0.278. The summed E-state index contributed by atoms with van der Waals surface area (Å²) in [5, 5.41) is 2.18. The molecule has 9 heteroatoms. The van der Waals surface area contributed by atoms with Gasteiger partial charge in [0.2, 0.25) is 0 Å². The van der Waals surface area contributed by atoms with Gasteiger partial charge in [-0.3, -0.25) is 0 Å². The predicted octanol–water partition coefficient (Wildman–Crippen LogP) is 4.77. The molecule has 112 valence electrons.